The van der Waals surface area contributed by atoms with Crippen molar-refractivity contribution in [3.63, 3.8) is 0 Å². The molecule has 0 fully saturated rings. The van der Waals surface area contributed by atoms with Crippen molar-refractivity contribution in [3.8, 4) is 0 Å². The molecule has 13 heavy (non-hydrogen) atoms. The van der Waals surface area contributed by atoms with Crippen molar-refractivity contribution >= 4 is 49.1 Å². The van der Waals surface area contributed by atoms with E-state index in [0.717, 1.165) is 8.26 Å². The van der Waals surface area contributed by atoms with Gasteiger partial charge >= 0.3 is 0 Å². The first kappa shape index (κ1) is 10.9. The Hall–Kier alpha value is -0.130. The minimum absolute atomic E-state index is 0.0729. The molecule has 1 rings (SSSR count). The Morgan fingerprint density at radius 2 is 2.38 bits per heavy atom. The van der Waals surface area contributed by atoms with Crippen LogP contribution < -0.4 is 5.32 Å². The summed E-state index contributed by atoms with van der Waals surface area (Å²) in [6, 6.07) is 1.78. The van der Waals surface area contributed by atoms with E-state index in [1.165, 1.54) is 11.3 Å². The molecule has 0 aliphatic carbocycles. The lowest BCUT2D eigenvalue weighted by Gasteiger charge is -1.96. The third kappa shape index (κ3) is 2.93. The molecule has 70 valence electrons. The Balaban J connectivity index is 2.71. The molecule has 0 aliphatic heterocycles. The molecule has 1 aromatic rings. The quantitative estimate of drug-likeness (QED) is 0.850. The van der Waals surface area contributed by atoms with Crippen molar-refractivity contribution in [2.45, 2.75) is 0 Å². The van der Waals surface area contributed by atoms with Gasteiger partial charge in [0.05, 0.1) is 8.66 Å². The highest BCUT2D eigenvalue weighted by Crippen LogP contribution is 2.32. The summed E-state index contributed by atoms with van der Waals surface area (Å²) in [5.41, 5.74) is 0. The van der Waals surface area contributed by atoms with Crippen molar-refractivity contribution in [2.24, 2.45) is 0 Å². The van der Waals surface area contributed by atoms with Crippen LogP contribution in [0.25, 0.3) is 0 Å². The van der Waals surface area contributed by atoms with Crippen LogP contribution in [0.4, 0.5) is 0 Å². The van der Waals surface area contributed by atoms with Crippen molar-refractivity contribution in [2.75, 3.05) is 6.54 Å². The van der Waals surface area contributed by atoms with Gasteiger partial charge in [-0.25, -0.2) is 0 Å². The van der Waals surface area contributed by atoms with E-state index >= 15 is 0 Å². The molecule has 1 N–H and O–H groups in total. The van der Waals surface area contributed by atoms with Crippen molar-refractivity contribution in [1.82, 2.24) is 5.32 Å². The van der Waals surface area contributed by atoms with Gasteiger partial charge in [0.25, 0.3) is 5.91 Å². The molecule has 0 atom stereocenters. The maximum Gasteiger partial charge on any atom is 0.261 e. The largest absolute Gasteiger partial charge is 0.348 e. The molecule has 1 amide bonds. The zero-order chi connectivity index (χ0) is 9.84. The summed E-state index contributed by atoms with van der Waals surface area (Å²) in [5, 5.41) is 2.70. The lowest BCUT2D eigenvalue weighted by molar-refractivity contribution is 0.0962. The zero-order valence-corrected chi connectivity index (χ0v) is 10.6. The third-order valence-electron chi connectivity index (χ3n) is 1.28. The van der Waals surface area contributed by atoms with E-state index in [-0.39, 0.29) is 5.91 Å². The second-order valence-electron chi connectivity index (χ2n) is 2.23. The van der Waals surface area contributed by atoms with Gasteiger partial charge in [-0.1, -0.05) is 6.08 Å². The van der Waals surface area contributed by atoms with Crippen LogP contribution in [0.2, 0.25) is 0 Å². The van der Waals surface area contributed by atoms with Gasteiger partial charge in [0, 0.05) is 11.0 Å². The second kappa shape index (κ2) is 4.93. The number of hydrogen-bond acceptors (Lipinski definition) is 2. The van der Waals surface area contributed by atoms with Gasteiger partial charge in [-0.3, -0.25) is 4.79 Å². The number of halogens is 2. The van der Waals surface area contributed by atoms with Crippen LogP contribution in [-0.4, -0.2) is 12.5 Å². The number of nitrogens with one attached hydrogen (secondary N) is 1. The lowest BCUT2D eigenvalue weighted by Crippen LogP contribution is -2.21. The SMILES string of the molecule is C=CCNC(=O)c1cc(Br)c(Br)s1. The number of carbonyl (C=O) groups is 1. The van der Waals surface area contributed by atoms with E-state index in [9.17, 15) is 4.79 Å². The summed E-state index contributed by atoms with van der Waals surface area (Å²) in [4.78, 5) is 12.1. The van der Waals surface area contributed by atoms with Crippen molar-refractivity contribution < 1.29 is 4.79 Å². The van der Waals surface area contributed by atoms with Gasteiger partial charge in [-0.05, 0) is 37.9 Å². The molecule has 5 heteroatoms. The van der Waals surface area contributed by atoms with E-state index < -0.39 is 0 Å². The van der Waals surface area contributed by atoms with E-state index in [1.807, 2.05) is 0 Å². The van der Waals surface area contributed by atoms with E-state index in [2.05, 4.69) is 43.8 Å². The predicted molar refractivity (Wildman–Crippen MR) is 62.2 cm³/mol. The minimum Gasteiger partial charge on any atom is -0.348 e. The van der Waals surface area contributed by atoms with Crippen molar-refractivity contribution in [3.05, 3.63) is 31.9 Å². The first-order valence-corrected chi connectivity index (χ1v) is 5.89. The molecule has 0 saturated carbocycles. The maximum absolute atomic E-state index is 11.4. The zero-order valence-electron chi connectivity index (χ0n) is 6.64. The molecule has 0 unspecified atom stereocenters. The van der Waals surface area contributed by atoms with Gasteiger partial charge in [-0.15, -0.1) is 17.9 Å². The van der Waals surface area contributed by atoms with E-state index in [1.54, 1.807) is 12.1 Å². The topological polar surface area (TPSA) is 29.1 Å². The van der Waals surface area contributed by atoms with Crippen LogP contribution in [0.5, 0.6) is 0 Å². The van der Waals surface area contributed by atoms with E-state index in [4.69, 9.17) is 0 Å². The highest BCUT2D eigenvalue weighted by Gasteiger charge is 2.10. The van der Waals surface area contributed by atoms with Crippen molar-refractivity contribution in [1.29, 1.82) is 0 Å². The molecular formula is C8H7Br2NOS. The molecule has 1 heterocycles. The number of rotatable bonds is 3. The molecule has 1 aromatic heterocycles. The van der Waals surface area contributed by atoms with Gasteiger partial charge < -0.3 is 5.32 Å². The van der Waals surface area contributed by atoms with Gasteiger partial charge in [0.2, 0.25) is 0 Å². The smallest absolute Gasteiger partial charge is 0.261 e. The maximum atomic E-state index is 11.4. The van der Waals surface area contributed by atoms with Crippen LogP contribution in [0.15, 0.2) is 27.0 Å². The van der Waals surface area contributed by atoms with Crippen LogP contribution in [0.3, 0.4) is 0 Å². The summed E-state index contributed by atoms with van der Waals surface area (Å²) < 4.78 is 1.83. The number of amides is 1. The standard InChI is InChI=1S/C8H7Br2NOS/c1-2-3-11-8(12)6-4-5(9)7(10)13-6/h2,4H,1,3H2,(H,11,12). The first-order chi connectivity index (χ1) is 6.15. The fourth-order valence-electron chi connectivity index (χ4n) is 0.710. The van der Waals surface area contributed by atoms with E-state index in [0.29, 0.717) is 11.4 Å². The fraction of sp³-hybridized carbons (Fsp3) is 0.125. The lowest BCUT2D eigenvalue weighted by atomic mass is 10.4. The van der Waals surface area contributed by atoms with Crippen LogP contribution in [0, 0.1) is 0 Å². The van der Waals surface area contributed by atoms with Gasteiger partial charge in [0.1, 0.15) is 0 Å². The molecule has 0 radical (unpaired) electrons. The van der Waals surface area contributed by atoms with Crippen LogP contribution in [-0.2, 0) is 0 Å². The second-order valence-corrected chi connectivity index (χ2v) is 5.46. The van der Waals surface area contributed by atoms with Gasteiger partial charge in [-0.2, -0.15) is 0 Å². The third-order valence-corrected chi connectivity index (χ3v) is 4.53. The number of thiophene rings is 1. The number of hydrogen-bond donors (Lipinski definition) is 1. The summed E-state index contributed by atoms with van der Waals surface area (Å²) in [7, 11) is 0. The Kier molecular flexibility index (Phi) is 4.15. The first-order valence-electron chi connectivity index (χ1n) is 3.49. The average molecular weight is 325 g/mol. The summed E-state index contributed by atoms with van der Waals surface area (Å²) in [5.74, 6) is -0.0729. The molecule has 0 spiro atoms. The Labute approximate surface area is 97.3 Å². The summed E-state index contributed by atoms with van der Waals surface area (Å²) in [6.07, 6.45) is 1.65. The monoisotopic (exact) mass is 323 g/mol. The minimum atomic E-state index is -0.0729. The molecule has 0 aromatic carbocycles. The average Bonchev–Trinajstić information content (AvgIpc) is 2.43. The molecule has 2 nitrogen and oxygen atoms in total. The van der Waals surface area contributed by atoms with Gasteiger partial charge in [0.15, 0.2) is 0 Å². The normalized spacial score (nSPS) is 9.69. The van der Waals surface area contributed by atoms with Crippen LogP contribution >= 0.6 is 43.2 Å². The summed E-state index contributed by atoms with van der Waals surface area (Å²) in [6.45, 7) is 4.01. The highest BCUT2D eigenvalue weighted by molar-refractivity contribution is 9.13. The predicted octanol–water partition coefficient (Wildman–Crippen LogP) is 3.19. The Morgan fingerprint density at radius 3 is 2.85 bits per heavy atom. The molecule has 0 saturated heterocycles. The fourth-order valence-corrected chi connectivity index (χ4v) is 2.66. The Bertz CT molecular complexity index is 315. The highest BCUT2D eigenvalue weighted by atomic mass is 79.9. The molecule has 0 aliphatic rings. The molecule has 0 bridgehead atoms. The number of carbonyl (C=O) groups excluding carboxylic acids is 1. The van der Waals surface area contributed by atoms with Crippen LogP contribution in [0.1, 0.15) is 9.67 Å². The Morgan fingerprint density at radius 1 is 1.69 bits per heavy atom. The molecular weight excluding hydrogens is 318 g/mol. The summed E-state index contributed by atoms with van der Waals surface area (Å²) >= 11 is 8.04.